The maximum Gasteiger partial charge on any atom is 0.320 e. The van der Waals surface area contributed by atoms with E-state index in [0.717, 1.165) is 11.3 Å². The van der Waals surface area contributed by atoms with E-state index >= 15 is 0 Å². The minimum Gasteiger partial charge on any atom is -0.497 e. The summed E-state index contributed by atoms with van der Waals surface area (Å²) < 4.78 is 5.09. The Balaban J connectivity index is 2.60. The van der Waals surface area contributed by atoms with Gasteiger partial charge in [0.2, 0.25) is 0 Å². The Hall–Kier alpha value is -2.24. The number of hydrogen-bond donors (Lipinski definition) is 1. The quantitative estimate of drug-likeness (QED) is 0.835. The topological polar surface area (TPSA) is 70.1 Å². The van der Waals surface area contributed by atoms with Crippen LogP contribution in [0.5, 0.6) is 5.75 Å². The first-order valence-corrected chi connectivity index (χ1v) is 6.82. The monoisotopic (exact) mass is 294 g/mol. The molecule has 0 spiro atoms. The van der Waals surface area contributed by atoms with Gasteiger partial charge < -0.3 is 19.6 Å². The molecule has 0 heterocycles. The number of methoxy groups -OCH3 is 1. The number of carbonyl (C=O) groups is 2. The molecule has 0 bridgehead atoms. The second kappa shape index (κ2) is 8.14. The summed E-state index contributed by atoms with van der Waals surface area (Å²) in [5.41, 5.74) is 0.987. The second-order valence-electron chi connectivity index (χ2n) is 4.71. The lowest BCUT2D eigenvalue weighted by Crippen LogP contribution is -2.41. The molecule has 0 aliphatic heterocycles. The molecular weight excluding hydrogens is 272 g/mol. The largest absolute Gasteiger partial charge is 0.497 e. The van der Waals surface area contributed by atoms with Gasteiger partial charge in [0.1, 0.15) is 5.75 Å². The van der Waals surface area contributed by atoms with Gasteiger partial charge in [-0.2, -0.15) is 0 Å². The summed E-state index contributed by atoms with van der Waals surface area (Å²) in [6.45, 7) is 3.00. The summed E-state index contributed by atoms with van der Waals surface area (Å²) in [4.78, 5) is 26.0. The zero-order valence-electron chi connectivity index (χ0n) is 12.7. The van der Waals surface area contributed by atoms with Gasteiger partial charge in [0.15, 0.2) is 0 Å². The molecule has 2 amide bonds. The zero-order chi connectivity index (χ0) is 15.8. The van der Waals surface area contributed by atoms with Gasteiger partial charge in [-0.3, -0.25) is 4.79 Å². The lowest BCUT2D eigenvalue weighted by Gasteiger charge is -2.27. The number of ether oxygens (including phenoxy) is 1. The first-order valence-electron chi connectivity index (χ1n) is 6.82. The first kappa shape index (κ1) is 16.8. The van der Waals surface area contributed by atoms with E-state index in [4.69, 9.17) is 9.84 Å². The third-order valence-electron chi connectivity index (χ3n) is 3.15. The minimum absolute atomic E-state index is 0.0457. The van der Waals surface area contributed by atoms with Crippen molar-refractivity contribution in [3.8, 4) is 5.75 Å². The van der Waals surface area contributed by atoms with Crippen molar-refractivity contribution in [2.75, 3.05) is 27.2 Å². The van der Waals surface area contributed by atoms with Crippen molar-refractivity contribution >= 4 is 12.0 Å². The van der Waals surface area contributed by atoms with Gasteiger partial charge >= 0.3 is 12.0 Å². The number of rotatable bonds is 7. The molecule has 0 fully saturated rings. The van der Waals surface area contributed by atoms with E-state index in [1.165, 1.54) is 4.90 Å². The van der Waals surface area contributed by atoms with Crippen molar-refractivity contribution in [1.29, 1.82) is 0 Å². The predicted molar refractivity (Wildman–Crippen MR) is 79.4 cm³/mol. The summed E-state index contributed by atoms with van der Waals surface area (Å²) in [6.07, 6.45) is -0.0457. The van der Waals surface area contributed by atoms with Gasteiger partial charge in [-0.1, -0.05) is 12.1 Å². The number of carboxylic acids is 1. The van der Waals surface area contributed by atoms with E-state index in [0.29, 0.717) is 13.1 Å². The van der Waals surface area contributed by atoms with Crippen LogP contribution in [0, 0.1) is 0 Å². The van der Waals surface area contributed by atoms with Crippen molar-refractivity contribution < 1.29 is 19.4 Å². The fourth-order valence-electron chi connectivity index (χ4n) is 1.93. The van der Waals surface area contributed by atoms with Crippen LogP contribution in [-0.2, 0) is 11.3 Å². The Morgan fingerprint density at radius 3 is 2.33 bits per heavy atom. The van der Waals surface area contributed by atoms with Gasteiger partial charge in [-0.05, 0) is 24.6 Å². The molecule has 0 aliphatic rings. The molecule has 0 unspecified atom stereocenters. The summed E-state index contributed by atoms with van der Waals surface area (Å²) >= 11 is 0. The highest BCUT2D eigenvalue weighted by Crippen LogP contribution is 2.13. The highest BCUT2D eigenvalue weighted by molar-refractivity contribution is 5.75. The molecule has 0 aromatic heterocycles. The molecule has 0 saturated heterocycles. The number of urea groups is 1. The summed E-state index contributed by atoms with van der Waals surface area (Å²) in [6, 6.07) is 7.31. The van der Waals surface area contributed by atoms with Crippen LogP contribution in [0.25, 0.3) is 0 Å². The average Bonchev–Trinajstić information content (AvgIpc) is 2.48. The van der Waals surface area contributed by atoms with Gasteiger partial charge in [0, 0.05) is 26.7 Å². The van der Waals surface area contributed by atoms with Gasteiger partial charge in [0.25, 0.3) is 0 Å². The van der Waals surface area contributed by atoms with E-state index in [9.17, 15) is 9.59 Å². The highest BCUT2D eigenvalue weighted by atomic mass is 16.5. The zero-order valence-corrected chi connectivity index (χ0v) is 12.7. The van der Waals surface area contributed by atoms with Crippen LogP contribution in [0.1, 0.15) is 18.9 Å². The third kappa shape index (κ3) is 5.33. The van der Waals surface area contributed by atoms with E-state index in [-0.39, 0.29) is 19.0 Å². The smallest absolute Gasteiger partial charge is 0.320 e. The molecule has 6 nitrogen and oxygen atoms in total. The van der Waals surface area contributed by atoms with Gasteiger partial charge in [0.05, 0.1) is 13.5 Å². The summed E-state index contributed by atoms with van der Waals surface area (Å²) in [5.74, 6) is -0.136. The van der Waals surface area contributed by atoms with Crippen molar-refractivity contribution in [3.63, 3.8) is 0 Å². The third-order valence-corrected chi connectivity index (χ3v) is 3.15. The maximum atomic E-state index is 12.2. The fraction of sp³-hybridized carbons (Fsp3) is 0.467. The predicted octanol–water partition coefficient (Wildman–Crippen LogP) is 2.04. The van der Waals surface area contributed by atoms with Crippen molar-refractivity contribution in [1.82, 2.24) is 9.80 Å². The maximum absolute atomic E-state index is 12.2. The van der Waals surface area contributed by atoms with Crippen molar-refractivity contribution in [3.05, 3.63) is 29.8 Å². The molecule has 1 rings (SSSR count). The number of benzene rings is 1. The summed E-state index contributed by atoms with van der Waals surface area (Å²) in [7, 11) is 3.31. The number of carbonyl (C=O) groups excluding carboxylic acids is 1. The van der Waals surface area contributed by atoms with E-state index in [1.54, 1.807) is 19.1 Å². The van der Waals surface area contributed by atoms with Crippen LogP contribution in [0.15, 0.2) is 24.3 Å². The summed E-state index contributed by atoms with van der Waals surface area (Å²) in [5, 5.41) is 8.70. The average molecular weight is 294 g/mol. The van der Waals surface area contributed by atoms with Crippen LogP contribution in [0.2, 0.25) is 0 Å². The van der Waals surface area contributed by atoms with E-state index in [1.807, 2.05) is 31.2 Å². The Kier molecular flexibility index (Phi) is 6.52. The minimum atomic E-state index is -0.904. The van der Waals surface area contributed by atoms with Gasteiger partial charge in [-0.15, -0.1) is 0 Å². The van der Waals surface area contributed by atoms with Gasteiger partial charge in [-0.25, -0.2) is 4.79 Å². The number of carboxylic acid groups (broad SMARTS) is 1. The molecule has 6 heteroatoms. The first-order chi connectivity index (χ1) is 9.97. The molecule has 116 valence electrons. The molecule has 0 aliphatic carbocycles. The molecule has 0 saturated carbocycles. The fourth-order valence-corrected chi connectivity index (χ4v) is 1.93. The van der Waals surface area contributed by atoms with E-state index < -0.39 is 5.97 Å². The van der Waals surface area contributed by atoms with Crippen LogP contribution in [0.4, 0.5) is 4.79 Å². The molecule has 0 atom stereocenters. The van der Waals surface area contributed by atoms with Crippen molar-refractivity contribution in [2.45, 2.75) is 19.9 Å². The molecule has 21 heavy (non-hydrogen) atoms. The number of hydrogen-bond acceptors (Lipinski definition) is 3. The molecular formula is C15H22N2O4. The van der Waals surface area contributed by atoms with Crippen LogP contribution in [-0.4, -0.2) is 54.2 Å². The Morgan fingerprint density at radius 1 is 1.24 bits per heavy atom. The van der Waals surface area contributed by atoms with Crippen LogP contribution in [0.3, 0.4) is 0 Å². The van der Waals surface area contributed by atoms with E-state index in [2.05, 4.69) is 0 Å². The molecule has 0 radical (unpaired) electrons. The SMILES string of the molecule is CCN(CCC(=O)O)C(=O)N(C)Cc1ccc(OC)cc1. The molecule has 1 aromatic rings. The number of nitrogens with zero attached hydrogens (tertiary/aromatic N) is 2. The lowest BCUT2D eigenvalue weighted by atomic mass is 10.2. The highest BCUT2D eigenvalue weighted by Gasteiger charge is 2.17. The standard InChI is InChI=1S/C15H22N2O4/c1-4-17(10-9-14(18)19)15(20)16(2)11-12-5-7-13(21-3)8-6-12/h5-8H,4,9-11H2,1-3H3,(H,18,19). The Bertz CT molecular complexity index is 473. The Labute approximate surface area is 124 Å². The van der Waals surface area contributed by atoms with Crippen LogP contribution < -0.4 is 4.74 Å². The van der Waals surface area contributed by atoms with Crippen molar-refractivity contribution in [2.24, 2.45) is 0 Å². The lowest BCUT2D eigenvalue weighted by molar-refractivity contribution is -0.137. The molecule has 1 aromatic carbocycles. The molecule has 1 N–H and O–H groups in total. The van der Waals surface area contributed by atoms with Crippen LogP contribution >= 0.6 is 0 Å². The number of aliphatic carboxylic acids is 1. The Morgan fingerprint density at radius 2 is 1.86 bits per heavy atom. The second-order valence-corrected chi connectivity index (χ2v) is 4.71. The normalized spacial score (nSPS) is 10.0. The number of amides is 2.